The molecular weight excluding hydrogens is 211 g/mol. The smallest absolute Gasteiger partial charge is 0.123 e. The average molecular weight is 234 g/mol. The van der Waals surface area contributed by atoms with Gasteiger partial charge in [-0.15, -0.1) is 0 Å². The molecule has 1 heteroatoms. The van der Waals surface area contributed by atoms with Gasteiger partial charge >= 0.3 is 0 Å². The van der Waals surface area contributed by atoms with Crippen molar-refractivity contribution in [2.24, 2.45) is 11.8 Å². The summed E-state index contributed by atoms with van der Waals surface area (Å²) in [5, 5.41) is 0. The average Bonchev–Trinajstić information content (AvgIpc) is 2.32. The normalized spacial score (nSPS) is 24.8. The molecule has 0 aliphatic heterocycles. The van der Waals surface area contributed by atoms with Gasteiger partial charge in [0.05, 0.1) is 0 Å². The molecule has 1 aromatic rings. The lowest BCUT2D eigenvalue weighted by atomic mass is 9.78. The summed E-state index contributed by atoms with van der Waals surface area (Å²) in [7, 11) is 0. The Labute approximate surface area is 104 Å². The molecule has 1 fully saturated rings. The van der Waals surface area contributed by atoms with E-state index in [1.165, 1.54) is 50.2 Å². The Balaban J connectivity index is 1.82. The molecule has 0 amide bonds. The zero-order valence-electron chi connectivity index (χ0n) is 10.8. The second-order valence-electron chi connectivity index (χ2n) is 5.51. The number of rotatable bonds is 4. The summed E-state index contributed by atoms with van der Waals surface area (Å²) in [6.07, 6.45) is 9.21. The van der Waals surface area contributed by atoms with Crippen molar-refractivity contribution in [1.29, 1.82) is 0 Å². The molecule has 0 spiro atoms. The van der Waals surface area contributed by atoms with Crippen LogP contribution in [0.5, 0.6) is 0 Å². The summed E-state index contributed by atoms with van der Waals surface area (Å²) in [5.41, 5.74) is 1.17. The molecule has 2 rings (SSSR count). The van der Waals surface area contributed by atoms with Gasteiger partial charge in [0.1, 0.15) is 5.82 Å². The Hall–Kier alpha value is -0.850. The van der Waals surface area contributed by atoms with Gasteiger partial charge in [0.25, 0.3) is 0 Å². The summed E-state index contributed by atoms with van der Waals surface area (Å²) >= 11 is 0. The van der Waals surface area contributed by atoms with Crippen LogP contribution in [0.2, 0.25) is 0 Å². The third kappa shape index (κ3) is 3.83. The van der Waals surface area contributed by atoms with Crippen molar-refractivity contribution >= 4 is 0 Å². The molecule has 0 radical (unpaired) electrons. The van der Waals surface area contributed by atoms with Crippen LogP contribution in [0.25, 0.3) is 0 Å². The van der Waals surface area contributed by atoms with E-state index in [9.17, 15) is 4.39 Å². The summed E-state index contributed by atoms with van der Waals surface area (Å²) in [6.45, 7) is 2.28. The molecule has 0 N–H and O–H groups in total. The molecule has 0 heterocycles. The highest BCUT2D eigenvalue weighted by Gasteiger charge is 2.20. The number of hydrogen-bond donors (Lipinski definition) is 0. The van der Waals surface area contributed by atoms with Crippen molar-refractivity contribution in [3.63, 3.8) is 0 Å². The van der Waals surface area contributed by atoms with E-state index in [0.717, 1.165) is 18.3 Å². The fourth-order valence-electron chi connectivity index (χ4n) is 3.13. The molecule has 17 heavy (non-hydrogen) atoms. The van der Waals surface area contributed by atoms with E-state index in [-0.39, 0.29) is 5.82 Å². The van der Waals surface area contributed by atoms with Gasteiger partial charge in [0, 0.05) is 0 Å². The van der Waals surface area contributed by atoms with Crippen molar-refractivity contribution in [3.8, 4) is 0 Å². The van der Waals surface area contributed by atoms with E-state index in [1.54, 1.807) is 6.07 Å². The Morgan fingerprint density at radius 1 is 1.12 bits per heavy atom. The lowest BCUT2D eigenvalue weighted by Gasteiger charge is -2.28. The molecule has 1 aromatic carbocycles. The third-order valence-electron chi connectivity index (χ3n) is 4.08. The molecule has 0 atom stereocenters. The Morgan fingerprint density at radius 2 is 1.82 bits per heavy atom. The maximum atomic E-state index is 13.1. The number of halogens is 1. The Morgan fingerprint density at radius 3 is 2.47 bits per heavy atom. The lowest BCUT2D eigenvalue weighted by molar-refractivity contribution is 0.261. The van der Waals surface area contributed by atoms with E-state index in [0.29, 0.717) is 0 Å². The van der Waals surface area contributed by atoms with Crippen LogP contribution >= 0.6 is 0 Å². The highest BCUT2D eigenvalue weighted by atomic mass is 19.1. The van der Waals surface area contributed by atoms with Gasteiger partial charge in [0.15, 0.2) is 0 Å². The van der Waals surface area contributed by atoms with E-state index in [2.05, 4.69) is 13.0 Å². The molecule has 0 nitrogen and oxygen atoms in total. The fraction of sp³-hybridized carbons (Fsp3) is 0.625. The zero-order chi connectivity index (χ0) is 12.1. The highest BCUT2D eigenvalue weighted by molar-refractivity contribution is 5.16. The first-order chi connectivity index (χ1) is 8.28. The topological polar surface area (TPSA) is 0 Å². The van der Waals surface area contributed by atoms with Gasteiger partial charge in [-0.2, -0.15) is 0 Å². The molecule has 0 saturated heterocycles. The van der Waals surface area contributed by atoms with Crippen molar-refractivity contribution in [2.45, 2.75) is 51.9 Å². The minimum absolute atomic E-state index is 0.0952. The quantitative estimate of drug-likeness (QED) is 0.689. The first-order valence-electron chi connectivity index (χ1n) is 7.02. The second-order valence-corrected chi connectivity index (χ2v) is 5.51. The van der Waals surface area contributed by atoms with Gasteiger partial charge < -0.3 is 0 Å². The standard InChI is InChI=1S/C16H23F/c1-2-4-13-7-9-14(10-8-13)11-15-5-3-6-16(17)12-15/h3,5-6,12-14H,2,4,7-11H2,1H3. The summed E-state index contributed by atoms with van der Waals surface area (Å²) in [6, 6.07) is 7.11. The Kier molecular flexibility index (Phi) is 4.58. The van der Waals surface area contributed by atoms with Gasteiger partial charge in [-0.05, 0) is 48.8 Å². The number of hydrogen-bond acceptors (Lipinski definition) is 0. The first kappa shape index (κ1) is 12.6. The molecular formula is C16H23F. The van der Waals surface area contributed by atoms with Crippen molar-refractivity contribution in [2.75, 3.05) is 0 Å². The molecule has 0 unspecified atom stereocenters. The van der Waals surface area contributed by atoms with Crippen molar-refractivity contribution in [1.82, 2.24) is 0 Å². The van der Waals surface area contributed by atoms with Crippen LogP contribution < -0.4 is 0 Å². The van der Waals surface area contributed by atoms with Gasteiger partial charge in [-0.25, -0.2) is 4.39 Å². The highest BCUT2D eigenvalue weighted by Crippen LogP contribution is 2.33. The van der Waals surface area contributed by atoms with Crippen LogP contribution in [0.1, 0.15) is 51.0 Å². The predicted molar refractivity (Wildman–Crippen MR) is 70.5 cm³/mol. The van der Waals surface area contributed by atoms with Gasteiger partial charge in [-0.3, -0.25) is 0 Å². The summed E-state index contributed by atoms with van der Waals surface area (Å²) < 4.78 is 13.1. The van der Waals surface area contributed by atoms with Crippen LogP contribution in [0.15, 0.2) is 24.3 Å². The number of benzene rings is 1. The maximum absolute atomic E-state index is 13.1. The van der Waals surface area contributed by atoms with Crippen molar-refractivity contribution in [3.05, 3.63) is 35.6 Å². The summed E-state index contributed by atoms with van der Waals surface area (Å²) in [4.78, 5) is 0. The van der Waals surface area contributed by atoms with Crippen LogP contribution in [0, 0.1) is 17.7 Å². The van der Waals surface area contributed by atoms with Crippen LogP contribution in [0.3, 0.4) is 0 Å². The fourth-order valence-corrected chi connectivity index (χ4v) is 3.13. The minimum Gasteiger partial charge on any atom is -0.207 e. The van der Waals surface area contributed by atoms with E-state index < -0.39 is 0 Å². The third-order valence-corrected chi connectivity index (χ3v) is 4.08. The van der Waals surface area contributed by atoms with E-state index >= 15 is 0 Å². The molecule has 1 aliphatic rings. The van der Waals surface area contributed by atoms with E-state index in [4.69, 9.17) is 0 Å². The molecule has 1 saturated carbocycles. The van der Waals surface area contributed by atoms with Crippen LogP contribution in [0.4, 0.5) is 4.39 Å². The molecule has 1 aliphatic carbocycles. The van der Waals surface area contributed by atoms with Crippen molar-refractivity contribution < 1.29 is 4.39 Å². The van der Waals surface area contributed by atoms with Crippen LogP contribution in [-0.2, 0) is 6.42 Å². The summed E-state index contributed by atoms with van der Waals surface area (Å²) in [5.74, 6) is 1.65. The van der Waals surface area contributed by atoms with Gasteiger partial charge in [0.2, 0.25) is 0 Å². The zero-order valence-corrected chi connectivity index (χ0v) is 10.8. The maximum Gasteiger partial charge on any atom is 0.123 e. The Bertz CT molecular complexity index is 337. The van der Waals surface area contributed by atoms with E-state index in [1.807, 2.05) is 6.07 Å². The minimum atomic E-state index is -0.0952. The molecule has 0 bridgehead atoms. The molecule has 0 aromatic heterocycles. The predicted octanol–water partition coefficient (Wildman–Crippen LogP) is 4.97. The lowest BCUT2D eigenvalue weighted by Crippen LogP contribution is -2.16. The second kappa shape index (κ2) is 6.18. The van der Waals surface area contributed by atoms with Crippen LogP contribution in [-0.4, -0.2) is 0 Å². The first-order valence-corrected chi connectivity index (χ1v) is 7.02. The molecule has 94 valence electrons. The van der Waals surface area contributed by atoms with Gasteiger partial charge in [-0.1, -0.05) is 44.7 Å². The largest absolute Gasteiger partial charge is 0.207 e. The monoisotopic (exact) mass is 234 g/mol. The SMILES string of the molecule is CCCC1CCC(Cc2cccc(F)c2)CC1.